The van der Waals surface area contributed by atoms with Crippen LogP contribution in [0.3, 0.4) is 0 Å². The molecule has 0 radical (unpaired) electrons. The van der Waals surface area contributed by atoms with Crippen molar-refractivity contribution in [2.24, 2.45) is 5.92 Å². The molecule has 1 aromatic carbocycles. The van der Waals surface area contributed by atoms with Gasteiger partial charge in [-0.05, 0) is 31.4 Å². The van der Waals surface area contributed by atoms with Gasteiger partial charge in [0.1, 0.15) is 5.82 Å². The normalized spacial score (nSPS) is 12.6. The van der Waals surface area contributed by atoms with Gasteiger partial charge in [-0.1, -0.05) is 32.0 Å². The van der Waals surface area contributed by atoms with E-state index in [9.17, 15) is 9.90 Å². The van der Waals surface area contributed by atoms with Gasteiger partial charge in [0.15, 0.2) is 0 Å². The SMILES string of the molecule is CC(C)CC(C)N(C)c1cc(C(=O)O)c2ccccc2n1. The molecule has 0 aliphatic carbocycles. The van der Waals surface area contributed by atoms with Crippen molar-refractivity contribution in [1.82, 2.24) is 4.98 Å². The molecule has 0 amide bonds. The maximum absolute atomic E-state index is 11.5. The van der Waals surface area contributed by atoms with Crippen molar-refractivity contribution in [2.75, 3.05) is 11.9 Å². The van der Waals surface area contributed by atoms with Crippen LogP contribution in [0.4, 0.5) is 5.82 Å². The highest BCUT2D eigenvalue weighted by atomic mass is 16.4. The summed E-state index contributed by atoms with van der Waals surface area (Å²) in [5.41, 5.74) is 1.02. The summed E-state index contributed by atoms with van der Waals surface area (Å²) in [6.07, 6.45) is 1.04. The fourth-order valence-corrected chi connectivity index (χ4v) is 2.59. The molecule has 1 unspecified atom stereocenters. The van der Waals surface area contributed by atoms with Crippen LogP contribution in [0.15, 0.2) is 30.3 Å². The van der Waals surface area contributed by atoms with E-state index in [-0.39, 0.29) is 0 Å². The van der Waals surface area contributed by atoms with Crippen molar-refractivity contribution >= 4 is 22.7 Å². The lowest BCUT2D eigenvalue weighted by Gasteiger charge is -2.27. The van der Waals surface area contributed by atoms with Gasteiger partial charge in [0.2, 0.25) is 0 Å². The molecule has 0 fully saturated rings. The molecule has 2 rings (SSSR count). The highest BCUT2D eigenvalue weighted by Crippen LogP contribution is 2.24. The minimum Gasteiger partial charge on any atom is -0.478 e. The summed E-state index contributed by atoms with van der Waals surface area (Å²) in [6, 6.07) is 9.34. The molecule has 0 saturated heterocycles. The van der Waals surface area contributed by atoms with Crippen LogP contribution in [0.5, 0.6) is 0 Å². The van der Waals surface area contributed by atoms with Crippen LogP contribution in [-0.2, 0) is 0 Å². The second-order valence-corrected chi connectivity index (χ2v) is 5.94. The number of hydrogen-bond donors (Lipinski definition) is 1. The molecule has 0 spiro atoms. The van der Waals surface area contributed by atoms with Crippen molar-refractivity contribution in [1.29, 1.82) is 0 Å². The van der Waals surface area contributed by atoms with Gasteiger partial charge in [0.05, 0.1) is 11.1 Å². The third-order valence-corrected chi connectivity index (χ3v) is 3.77. The third-order valence-electron chi connectivity index (χ3n) is 3.77. The van der Waals surface area contributed by atoms with Gasteiger partial charge in [-0.15, -0.1) is 0 Å². The van der Waals surface area contributed by atoms with Crippen LogP contribution in [0.25, 0.3) is 10.9 Å². The van der Waals surface area contributed by atoms with Gasteiger partial charge in [-0.3, -0.25) is 0 Å². The number of fused-ring (bicyclic) bond motifs is 1. The fourth-order valence-electron chi connectivity index (χ4n) is 2.59. The number of hydrogen-bond acceptors (Lipinski definition) is 3. The molecule has 2 aromatic rings. The first-order valence-electron chi connectivity index (χ1n) is 7.26. The molecule has 0 aliphatic heterocycles. The summed E-state index contributed by atoms with van der Waals surface area (Å²) in [6.45, 7) is 6.50. The molecule has 4 heteroatoms. The smallest absolute Gasteiger partial charge is 0.336 e. The van der Waals surface area contributed by atoms with Crippen molar-refractivity contribution < 1.29 is 9.90 Å². The monoisotopic (exact) mass is 286 g/mol. The van der Waals surface area contributed by atoms with Gasteiger partial charge in [0, 0.05) is 18.5 Å². The highest BCUT2D eigenvalue weighted by molar-refractivity contribution is 6.03. The average molecular weight is 286 g/mol. The molecular formula is C17H22N2O2. The van der Waals surface area contributed by atoms with Crippen LogP contribution >= 0.6 is 0 Å². The Kier molecular flexibility index (Phi) is 4.46. The van der Waals surface area contributed by atoms with Crippen molar-refractivity contribution in [3.63, 3.8) is 0 Å². The van der Waals surface area contributed by atoms with E-state index in [0.29, 0.717) is 28.7 Å². The Morgan fingerprint density at radius 1 is 1.29 bits per heavy atom. The highest BCUT2D eigenvalue weighted by Gasteiger charge is 2.17. The number of benzene rings is 1. The van der Waals surface area contributed by atoms with E-state index in [1.807, 2.05) is 25.2 Å². The molecular weight excluding hydrogens is 264 g/mol. The van der Waals surface area contributed by atoms with Gasteiger partial charge in [-0.25, -0.2) is 9.78 Å². The number of pyridine rings is 1. The second-order valence-electron chi connectivity index (χ2n) is 5.94. The zero-order valence-corrected chi connectivity index (χ0v) is 13.0. The quantitative estimate of drug-likeness (QED) is 0.908. The minimum atomic E-state index is -0.917. The molecule has 21 heavy (non-hydrogen) atoms. The Labute approximate surface area is 125 Å². The Morgan fingerprint density at radius 3 is 2.57 bits per heavy atom. The summed E-state index contributed by atoms with van der Waals surface area (Å²) in [4.78, 5) is 18.2. The molecule has 1 atom stereocenters. The zero-order chi connectivity index (χ0) is 15.6. The molecule has 112 valence electrons. The lowest BCUT2D eigenvalue weighted by Crippen LogP contribution is -2.31. The lowest BCUT2D eigenvalue weighted by atomic mass is 10.0. The number of carboxylic acids is 1. The first-order valence-corrected chi connectivity index (χ1v) is 7.26. The van der Waals surface area contributed by atoms with E-state index in [1.165, 1.54) is 0 Å². The van der Waals surface area contributed by atoms with Crippen LogP contribution < -0.4 is 4.90 Å². The van der Waals surface area contributed by atoms with Crippen LogP contribution in [0.2, 0.25) is 0 Å². The minimum absolute atomic E-state index is 0.305. The van der Waals surface area contributed by atoms with Gasteiger partial charge >= 0.3 is 5.97 Å². The first kappa shape index (κ1) is 15.3. The number of anilines is 1. The van der Waals surface area contributed by atoms with Gasteiger partial charge < -0.3 is 10.0 Å². The predicted molar refractivity (Wildman–Crippen MR) is 86.0 cm³/mol. The summed E-state index contributed by atoms with van der Waals surface area (Å²) in [5, 5.41) is 10.1. The maximum Gasteiger partial charge on any atom is 0.336 e. The topological polar surface area (TPSA) is 53.4 Å². The third kappa shape index (κ3) is 3.32. The van der Waals surface area contributed by atoms with Gasteiger partial charge in [0.25, 0.3) is 0 Å². The van der Waals surface area contributed by atoms with E-state index in [4.69, 9.17) is 0 Å². The lowest BCUT2D eigenvalue weighted by molar-refractivity contribution is 0.0699. The van der Waals surface area contributed by atoms with E-state index in [0.717, 1.165) is 11.9 Å². The summed E-state index contributed by atoms with van der Waals surface area (Å²) < 4.78 is 0. The second kappa shape index (κ2) is 6.12. The number of carbonyl (C=O) groups is 1. The van der Waals surface area contributed by atoms with E-state index in [1.54, 1.807) is 12.1 Å². The van der Waals surface area contributed by atoms with Crippen LogP contribution in [-0.4, -0.2) is 29.1 Å². The summed E-state index contributed by atoms with van der Waals surface area (Å²) in [5.74, 6) is 0.376. The number of aromatic carboxylic acids is 1. The Bertz CT molecular complexity index is 652. The number of rotatable bonds is 5. The Morgan fingerprint density at radius 2 is 1.95 bits per heavy atom. The standard InChI is InChI=1S/C17H22N2O2/c1-11(2)9-12(3)19(4)16-10-14(17(20)21)13-7-5-6-8-15(13)18-16/h5-8,10-12H,9H2,1-4H3,(H,20,21). The fraction of sp³-hybridized carbons (Fsp3) is 0.412. The molecule has 1 aromatic heterocycles. The zero-order valence-electron chi connectivity index (χ0n) is 13.0. The molecule has 1 N–H and O–H groups in total. The molecule has 1 heterocycles. The Hall–Kier alpha value is -2.10. The molecule has 0 saturated carbocycles. The largest absolute Gasteiger partial charge is 0.478 e. The van der Waals surface area contributed by atoms with Crippen LogP contribution in [0.1, 0.15) is 37.6 Å². The number of para-hydroxylation sites is 1. The summed E-state index contributed by atoms with van der Waals surface area (Å²) >= 11 is 0. The predicted octanol–water partition coefficient (Wildman–Crippen LogP) is 3.80. The number of nitrogens with zero attached hydrogens (tertiary/aromatic N) is 2. The summed E-state index contributed by atoms with van der Waals surface area (Å²) in [7, 11) is 1.97. The van der Waals surface area contributed by atoms with Crippen molar-refractivity contribution in [3.8, 4) is 0 Å². The average Bonchev–Trinajstić information content (AvgIpc) is 2.44. The van der Waals surface area contributed by atoms with E-state index < -0.39 is 5.97 Å². The van der Waals surface area contributed by atoms with E-state index in [2.05, 4.69) is 30.7 Å². The van der Waals surface area contributed by atoms with E-state index >= 15 is 0 Å². The first-order chi connectivity index (χ1) is 9.90. The Balaban J connectivity index is 2.47. The van der Waals surface area contributed by atoms with Gasteiger partial charge in [-0.2, -0.15) is 0 Å². The van der Waals surface area contributed by atoms with Crippen LogP contribution in [0, 0.1) is 5.92 Å². The number of aromatic nitrogens is 1. The van der Waals surface area contributed by atoms with Crippen molar-refractivity contribution in [2.45, 2.75) is 33.2 Å². The molecule has 4 nitrogen and oxygen atoms in total. The molecule has 0 bridgehead atoms. The maximum atomic E-state index is 11.5. The number of carboxylic acid groups (broad SMARTS) is 1. The van der Waals surface area contributed by atoms with Crippen molar-refractivity contribution in [3.05, 3.63) is 35.9 Å². The molecule has 0 aliphatic rings.